The average Bonchev–Trinajstić information content (AvgIpc) is 1.64. The summed E-state index contributed by atoms with van der Waals surface area (Å²) in [6.45, 7) is 1.07. The highest BCUT2D eigenvalue weighted by molar-refractivity contribution is 7.79. The van der Waals surface area contributed by atoms with E-state index in [2.05, 4.69) is 0 Å². The van der Waals surface area contributed by atoms with Crippen LogP contribution in [0.4, 0.5) is 0 Å². The van der Waals surface area contributed by atoms with Gasteiger partial charge in [0, 0.05) is 11.8 Å². The van der Waals surface area contributed by atoms with Gasteiger partial charge in [0.1, 0.15) is 0 Å². The van der Waals surface area contributed by atoms with Crippen molar-refractivity contribution < 1.29 is 13.7 Å². The molecule has 0 bridgehead atoms. The van der Waals surface area contributed by atoms with E-state index in [1.54, 1.807) is 0 Å². The molecular formula is C2H5NO4S. The van der Waals surface area contributed by atoms with Crippen molar-refractivity contribution in [1.29, 1.82) is 0 Å². The summed E-state index contributed by atoms with van der Waals surface area (Å²) in [5.74, 6) is 0. The molecule has 0 heterocycles. The van der Waals surface area contributed by atoms with E-state index in [9.17, 15) is 14.3 Å². The lowest BCUT2D eigenvalue weighted by Crippen LogP contribution is -2.19. The molecule has 0 saturated carbocycles. The fourth-order valence-corrected chi connectivity index (χ4v) is 0.221. The topological polar surface area (TPSA) is 80.4 Å². The highest BCUT2D eigenvalue weighted by Gasteiger charge is 2.18. The molecule has 6 heteroatoms. The van der Waals surface area contributed by atoms with Crippen LogP contribution in [0.3, 0.4) is 0 Å². The largest absolute Gasteiger partial charge is 0.307 e. The normalized spacial score (nSPS) is 17.2. The van der Waals surface area contributed by atoms with Gasteiger partial charge >= 0.3 is 5.37 Å². The highest BCUT2D eigenvalue weighted by atomic mass is 32.2. The maximum atomic E-state index is 9.81. The monoisotopic (exact) mass is 139 g/mol. The van der Waals surface area contributed by atoms with Crippen molar-refractivity contribution in [1.82, 2.24) is 0 Å². The van der Waals surface area contributed by atoms with Gasteiger partial charge in [-0.2, -0.15) is 0 Å². The summed E-state index contributed by atoms with van der Waals surface area (Å²) in [5, 5.41) is 8.21. The summed E-state index contributed by atoms with van der Waals surface area (Å²) in [4.78, 5) is 8.78. The Kier molecular flexibility index (Phi) is 2.56. The molecule has 8 heavy (non-hydrogen) atoms. The van der Waals surface area contributed by atoms with Gasteiger partial charge in [-0.05, 0) is 0 Å². The maximum absolute atomic E-state index is 9.81. The maximum Gasteiger partial charge on any atom is 0.307 e. The van der Waals surface area contributed by atoms with Gasteiger partial charge in [0.2, 0.25) is 11.1 Å². The molecule has 0 rings (SSSR count). The van der Waals surface area contributed by atoms with E-state index in [0.717, 1.165) is 6.92 Å². The summed E-state index contributed by atoms with van der Waals surface area (Å²) in [6, 6.07) is 0. The molecule has 0 aliphatic carbocycles. The molecule has 1 N–H and O–H groups in total. The van der Waals surface area contributed by atoms with Gasteiger partial charge in [0.25, 0.3) is 0 Å². The second-order valence-corrected chi connectivity index (χ2v) is 2.40. The minimum absolute atomic E-state index is 0.809. The number of rotatable bonds is 2. The Morgan fingerprint density at radius 1 is 1.88 bits per heavy atom. The van der Waals surface area contributed by atoms with Crippen molar-refractivity contribution in [2.75, 3.05) is 0 Å². The predicted octanol–water partition coefficient (Wildman–Crippen LogP) is -0.169. The van der Waals surface area contributed by atoms with Crippen molar-refractivity contribution in [3.63, 3.8) is 0 Å². The first-order chi connectivity index (χ1) is 3.55. The molecule has 0 fully saturated rings. The van der Waals surface area contributed by atoms with Crippen molar-refractivity contribution in [2.45, 2.75) is 12.3 Å². The fraction of sp³-hybridized carbons (Fsp3) is 1.00. The van der Waals surface area contributed by atoms with Crippen LogP contribution in [0.1, 0.15) is 6.92 Å². The molecule has 0 radical (unpaired) electrons. The number of hydrogen-bond donors (Lipinski definition) is 1. The third kappa shape index (κ3) is 1.99. The molecule has 48 valence electrons. The van der Waals surface area contributed by atoms with Crippen molar-refractivity contribution in [3.05, 3.63) is 10.1 Å². The second-order valence-electron chi connectivity index (χ2n) is 1.16. The van der Waals surface area contributed by atoms with Gasteiger partial charge in [0.05, 0.1) is 0 Å². The van der Waals surface area contributed by atoms with Crippen molar-refractivity contribution in [2.24, 2.45) is 0 Å². The number of hydrogen-bond acceptors (Lipinski definition) is 3. The fourth-order valence-electron chi connectivity index (χ4n) is 0.0736. The smallest absolute Gasteiger partial charge is 0.301 e. The zero-order valence-corrected chi connectivity index (χ0v) is 4.92. The Hall–Kier alpha value is -0.490. The van der Waals surface area contributed by atoms with Crippen LogP contribution in [-0.2, 0) is 11.1 Å². The Bertz CT molecular complexity index is 109. The third-order valence-corrected chi connectivity index (χ3v) is 1.34. The number of nitrogens with zero attached hydrogens (tertiary/aromatic N) is 1. The van der Waals surface area contributed by atoms with E-state index >= 15 is 0 Å². The Balaban J connectivity index is 3.83. The first-order valence-corrected chi connectivity index (χ1v) is 2.96. The highest BCUT2D eigenvalue weighted by Crippen LogP contribution is 1.90. The van der Waals surface area contributed by atoms with Gasteiger partial charge in [-0.3, -0.25) is 10.1 Å². The Morgan fingerprint density at radius 3 is 2.25 bits per heavy atom. The van der Waals surface area contributed by atoms with E-state index in [-0.39, 0.29) is 0 Å². The lowest BCUT2D eigenvalue weighted by atomic mass is 10.8. The van der Waals surface area contributed by atoms with E-state index in [1.807, 2.05) is 0 Å². The molecule has 0 amide bonds. The summed E-state index contributed by atoms with van der Waals surface area (Å²) in [7, 11) is 0. The van der Waals surface area contributed by atoms with Crippen LogP contribution in [0.25, 0.3) is 0 Å². The summed E-state index contributed by atoms with van der Waals surface area (Å²) < 4.78 is 17.8. The molecular weight excluding hydrogens is 134 g/mol. The first-order valence-electron chi connectivity index (χ1n) is 1.79. The average molecular weight is 139 g/mol. The zero-order valence-electron chi connectivity index (χ0n) is 4.10. The van der Waals surface area contributed by atoms with Crippen LogP contribution in [-0.4, -0.2) is 19.1 Å². The van der Waals surface area contributed by atoms with Gasteiger partial charge in [0.15, 0.2) is 0 Å². The standard InChI is InChI=1S/C2H5NO4S/c1-2(3(4)5)8(6)7/h2H,1H3,(H,6,7)/t2-/m0/s1. The van der Waals surface area contributed by atoms with Gasteiger partial charge in [-0.25, -0.2) is 4.21 Å². The summed E-state index contributed by atoms with van der Waals surface area (Å²) >= 11 is -2.34. The molecule has 2 atom stereocenters. The minimum Gasteiger partial charge on any atom is -0.301 e. The zero-order chi connectivity index (χ0) is 6.73. The molecule has 0 aromatic carbocycles. The predicted molar refractivity (Wildman–Crippen MR) is 27.2 cm³/mol. The molecule has 0 saturated heterocycles. The molecule has 0 aliphatic heterocycles. The third-order valence-electron chi connectivity index (χ3n) is 0.589. The SMILES string of the molecule is C[C@@H]([N+](=O)[O-])S(=O)O. The summed E-state index contributed by atoms with van der Waals surface area (Å²) in [6.07, 6.45) is 0. The second kappa shape index (κ2) is 2.73. The van der Waals surface area contributed by atoms with Gasteiger partial charge in [-0.15, -0.1) is 0 Å². The molecule has 5 nitrogen and oxygen atoms in total. The molecule has 0 spiro atoms. The first kappa shape index (κ1) is 7.51. The van der Waals surface area contributed by atoms with Crippen LogP contribution < -0.4 is 0 Å². The van der Waals surface area contributed by atoms with E-state index in [0.29, 0.717) is 0 Å². The summed E-state index contributed by atoms with van der Waals surface area (Å²) in [5.41, 5.74) is 0. The Morgan fingerprint density at radius 2 is 2.25 bits per heavy atom. The van der Waals surface area contributed by atoms with Crippen LogP contribution in [0.5, 0.6) is 0 Å². The van der Waals surface area contributed by atoms with E-state index in [1.165, 1.54) is 0 Å². The van der Waals surface area contributed by atoms with Crippen LogP contribution in [0.2, 0.25) is 0 Å². The van der Waals surface area contributed by atoms with Crippen LogP contribution in [0, 0.1) is 10.1 Å². The number of nitro groups is 1. The van der Waals surface area contributed by atoms with Crippen LogP contribution in [0.15, 0.2) is 0 Å². The molecule has 0 aromatic rings. The van der Waals surface area contributed by atoms with Crippen molar-refractivity contribution in [3.8, 4) is 0 Å². The molecule has 0 aliphatic rings. The quantitative estimate of drug-likeness (QED) is 0.327. The Labute approximate surface area is 48.1 Å². The van der Waals surface area contributed by atoms with E-state index in [4.69, 9.17) is 4.55 Å². The van der Waals surface area contributed by atoms with Crippen LogP contribution >= 0.6 is 0 Å². The lowest BCUT2D eigenvalue weighted by molar-refractivity contribution is -0.493. The van der Waals surface area contributed by atoms with Gasteiger partial charge < -0.3 is 4.55 Å². The molecule has 1 unspecified atom stereocenters. The lowest BCUT2D eigenvalue weighted by Gasteiger charge is -1.93. The van der Waals surface area contributed by atoms with Crippen molar-refractivity contribution >= 4 is 11.1 Å². The minimum atomic E-state index is -2.34. The van der Waals surface area contributed by atoms with Gasteiger partial charge in [-0.1, -0.05) is 0 Å². The van der Waals surface area contributed by atoms with E-state index < -0.39 is 21.4 Å². The molecule has 0 aromatic heterocycles.